The fourth-order valence-electron chi connectivity index (χ4n) is 1.88. The van der Waals surface area contributed by atoms with Crippen molar-refractivity contribution in [2.24, 2.45) is 0 Å². The largest absolute Gasteiger partial charge is 0.416 e. The zero-order valence-electron chi connectivity index (χ0n) is 10.6. The number of benzene rings is 1. The second kappa shape index (κ2) is 4.60. The van der Waals surface area contributed by atoms with Crippen molar-refractivity contribution >= 4 is 5.69 Å². The quantitative estimate of drug-likeness (QED) is 0.902. The lowest BCUT2D eigenvalue weighted by Gasteiger charge is -2.13. The number of nitrogen functional groups attached to an aromatic ring is 1. The van der Waals surface area contributed by atoms with E-state index in [1.165, 1.54) is 18.3 Å². The minimum Gasteiger partial charge on any atom is -0.396 e. The Morgan fingerprint density at radius 2 is 1.74 bits per heavy atom. The van der Waals surface area contributed by atoms with Crippen molar-refractivity contribution in [3.05, 3.63) is 36.0 Å². The van der Waals surface area contributed by atoms with E-state index in [1.54, 1.807) is 4.68 Å². The number of halogens is 3. The number of aromatic nitrogens is 2. The highest BCUT2D eigenvalue weighted by molar-refractivity contribution is 5.72. The summed E-state index contributed by atoms with van der Waals surface area (Å²) in [5, 5.41) is 4.13. The van der Waals surface area contributed by atoms with Crippen LogP contribution < -0.4 is 5.73 Å². The van der Waals surface area contributed by atoms with Gasteiger partial charge in [-0.25, -0.2) is 0 Å². The second-order valence-electron chi connectivity index (χ2n) is 4.56. The molecule has 6 heteroatoms. The molecule has 0 bridgehead atoms. The lowest BCUT2D eigenvalue weighted by atomic mass is 10.1. The van der Waals surface area contributed by atoms with E-state index in [4.69, 9.17) is 5.73 Å². The van der Waals surface area contributed by atoms with Gasteiger partial charge >= 0.3 is 6.18 Å². The Morgan fingerprint density at radius 3 is 2.21 bits per heavy atom. The summed E-state index contributed by atoms with van der Waals surface area (Å²) in [6, 6.07) is 5.00. The van der Waals surface area contributed by atoms with Crippen LogP contribution >= 0.6 is 0 Å². The van der Waals surface area contributed by atoms with Crippen molar-refractivity contribution in [1.82, 2.24) is 9.78 Å². The van der Waals surface area contributed by atoms with Crippen LogP contribution in [0.3, 0.4) is 0 Å². The molecule has 1 aromatic heterocycles. The van der Waals surface area contributed by atoms with Crippen LogP contribution in [0, 0.1) is 0 Å². The average molecular weight is 269 g/mol. The Labute approximate surface area is 108 Å². The summed E-state index contributed by atoms with van der Waals surface area (Å²) in [4.78, 5) is 0. The van der Waals surface area contributed by atoms with Crippen LogP contribution in [-0.4, -0.2) is 9.78 Å². The summed E-state index contributed by atoms with van der Waals surface area (Å²) in [7, 11) is 0. The zero-order valence-corrected chi connectivity index (χ0v) is 10.6. The van der Waals surface area contributed by atoms with Gasteiger partial charge < -0.3 is 5.73 Å². The maximum absolute atomic E-state index is 12.5. The van der Waals surface area contributed by atoms with E-state index in [0.29, 0.717) is 16.9 Å². The predicted molar refractivity (Wildman–Crippen MR) is 67.5 cm³/mol. The van der Waals surface area contributed by atoms with Gasteiger partial charge in [0.1, 0.15) is 0 Å². The number of nitrogens with two attached hydrogens (primary N) is 1. The standard InChI is InChI=1S/C13H14F3N3/c1-8(2)19-12(11(17)7-18-19)9-3-5-10(6-4-9)13(14,15)16/h3-8H,17H2,1-2H3. The lowest BCUT2D eigenvalue weighted by Crippen LogP contribution is -2.07. The average Bonchev–Trinajstić information content (AvgIpc) is 2.70. The van der Waals surface area contributed by atoms with Gasteiger partial charge in [-0.05, 0) is 26.0 Å². The van der Waals surface area contributed by atoms with E-state index in [2.05, 4.69) is 5.10 Å². The van der Waals surface area contributed by atoms with Gasteiger partial charge in [-0.3, -0.25) is 4.68 Å². The van der Waals surface area contributed by atoms with Gasteiger partial charge in [0.25, 0.3) is 0 Å². The molecular weight excluding hydrogens is 255 g/mol. The molecule has 0 saturated heterocycles. The van der Waals surface area contributed by atoms with E-state index in [-0.39, 0.29) is 6.04 Å². The highest BCUT2D eigenvalue weighted by Gasteiger charge is 2.30. The topological polar surface area (TPSA) is 43.8 Å². The van der Waals surface area contributed by atoms with Crippen LogP contribution in [0.2, 0.25) is 0 Å². The number of anilines is 1. The Kier molecular flexibility index (Phi) is 3.26. The normalized spacial score (nSPS) is 12.1. The molecule has 1 heterocycles. The highest BCUT2D eigenvalue weighted by Crippen LogP contribution is 2.33. The molecule has 0 aliphatic carbocycles. The highest BCUT2D eigenvalue weighted by atomic mass is 19.4. The van der Waals surface area contributed by atoms with Gasteiger partial charge in [0.05, 0.1) is 23.1 Å². The molecule has 0 amide bonds. The van der Waals surface area contributed by atoms with Gasteiger partial charge in [-0.2, -0.15) is 18.3 Å². The van der Waals surface area contributed by atoms with Crippen molar-refractivity contribution in [2.45, 2.75) is 26.1 Å². The summed E-state index contributed by atoms with van der Waals surface area (Å²) in [5.74, 6) is 0. The van der Waals surface area contributed by atoms with Crippen molar-refractivity contribution in [1.29, 1.82) is 0 Å². The van der Waals surface area contributed by atoms with Crippen LogP contribution in [0.15, 0.2) is 30.5 Å². The minimum atomic E-state index is -4.33. The summed E-state index contributed by atoms with van der Waals surface area (Å²) in [6.07, 6.45) is -2.82. The maximum Gasteiger partial charge on any atom is 0.416 e. The number of nitrogens with zero attached hydrogens (tertiary/aromatic N) is 2. The minimum absolute atomic E-state index is 0.0783. The first-order valence-electron chi connectivity index (χ1n) is 5.81. The molecule has 3 nitrogen and oxygen atoms in total. The van der Waals surface area contributed by atoms with Gasteiger partial charge in [-0.1, -0.05) is 12.1 Å². The van der Waals surface area contributed by atoms with Gasteiger partial charge in [0.2, 0.25) is 0 Å². The third-order valence-electron chi connectivity index (χ3n) is 2.80. The summed E-state index contributed by atoms with van der Waals surface area (Å²) in [5.41, 5.74) is 6.87. The summed E-state index contributed by atoms with van der Waals surface area (Å²) in [6.45, 7) is 3.86. The van der Waals surface area contributed by atoms with E-state index in [1.807, 2.05) is 13.8 Å². The monoisotopic (exact) mass is 269 g/mol. The molecule has 2 N–H and O–H groups in total. The molecule has 0 atom stereocenters. The summed E-state index contributed by atoms with van der Waals surface area (Å²) < 4.78 is 39.2. The number of hydrogen-bond donors (Lipinski definition) is 1. The predicted octanol–water partition coefficient (Wildman–Crippen LogP) is 3.73. The van der Waals surface area contributed by atoms with E-state index in [0.717, 1.165) is 12.1 Å². The second-order valence-corrected chi connectivity index (χ2v) is 4.56. The fourth-order valence-corrected chi connectivity index (χ4v) is 1.88. The first-order valence-corrected chi connectivity index (χ1v) is 5.81. The molecule has 0 fully saturated rings. The van der Waals surface area contributed by atoms with Crippen molar-refractivity contribution in [3.8, 4) is 11.3 Å². The number of alkyl halides is 3. The molecule has 0 saturated carbocycles. The first kappa shape index (κ1) is 13.5. The van der Waals surface area contributed by atoms with Crippen molar-refractivity contribution < 1.29 is 13.2 Å². The van der Waals surface area contributed by atoms with E-state index >= 15 is 0 Å². The molecule has 2 rings (SSSR count). The third kappa shape index (κ3) is 2.57. The molecule has 0 aliphatic heterocycles. The van der Waals surface area contributed by atoms with Crippen LogP contribution in [0.5, 0.6) is 0 Å². The van der Waals surface area contributed by atoms with Gasteiger partial charge in [0, 0.05) is 11.6 Å². The van der Waals surface area contributed by atoms with Gasteiger partial charge in [0.15, 0.2) is 0 Å². The molecule has 0 spiro atoms. The fraction of sp³-hybridized carbons (Fsp3) is 0.308. The van der Waals surface area contributed by atoms with Crippen molar-refractivity contribution in [3.63, 3.8) is 0 Å². The maximum atomic E-state index is 12.5. The number of hydrogen-bond acceptors (Lipinski definition) is 2. The summed E-state index contributed by atoms with van der Waals surface area (Å²) >= 11 is 0. The molecular formula is C13H14F3N3. The molecule has 0 radical (unpaired) electrons. The molecule has 19 heavy (non-hydrogen) atoms. The molecule has 102 valence electrons. The third-order valence-corrected chi connectivity index (χ3v) is 2.80. The zero-order chi connectivity index (χ0) is 14.2. The van der Waals surface area contributed by atoms with Crippen LogP contribution in [0.1, 0.15) is 25.5 Å². The molecule has 2 aromatic rings. The smallest absolute Gasteiger partial charge is 0.396 e. The molecule has 1 aromatic carbocycles. The Balaban J connectivity index is 2.46. The number of rotatable bonds is 2. The molecule has 0 aliphatic rings. The van der Waals surface area contributed by atoms with Crippen LogP contribution in [-0.2, 0) is 6.18 Å². The molecule has 0 unspecified atom stereocenters. The Bertz CT molecular complexity index is 568. The van der Waals surface area contributed by atoms with Gasteiger partial charge in [-0.15, -0.1) is 0 Å². The Hall–Kier alpha value is -1.98. The van der Waals surface area contributed by atoms with E-state index in [9.17, 15) is 13.2 Å². The van der Waals surface area contributed by atoms with Crippen LogP contribution in [0.4, 0.5) is 18.9 Å². The van der Waals surface area contributed by atoms with Crippen LogP contribution in [0.25, 0.3) is 11.3 Å². The lowest BCUT2D eigenvalue weighted by molar-refractivity contribution is -0.137. The van der Waals surface area contributed by atoms with Crippen molar-refractivity contribution in [2.75, 3.05) is 5.73 Å². The first-order chi connectivity index (χ1) is 8.80. The van der Waals surface area contributed by atoms with E-state index < -0.39 is 11.7 Å². The Morgan fingerprint density at radius 1 is 1.16 bits per heavy atom. The SMILES string of the molecule is CC(C)n1ncc(N)c1-c1ccc(C(F)(F)F)cc1.